The first-order valence-electron chi connectivity index (χ1n) is 8.45. The largest absolute Gasteiger partial charge is 0.377 e. The SMILES string of the molecule is c1cnnc(NC[C@@H]2CN(CCOC[C@@H]3CCCO3)CCO2)c1. The predicted octanol–water partition coefficient (Wildman–Crippen LogP) is 0.785. The highest BCUT2D eigenvalue weighted by Crippen LogP contribution is 2.12. The van der Waals surface area contributed by atoms with Crippen LogP contribution in [0.25, 0.3) is 0 Å². The van der Waals surface area contributed by atoms with Crippen molar-refractivity contribution in [2.75, 3.05) is 57.9 Å². The third kappa shape index (κ3) is 5.69. The fourth-order valence-corrected chi connectivity index (χ4v) is 2.91. The molecular formula is C16H26N4O3. The van der Waals surface area contributed by atoms with Gasteiger partial charge >= 0.3 is 0 Å². The Bertz CT molecular complexity index is 442. The van der Waals surface area contributed by atoms with Crippen molar-refractivity contribution in [1.29, 1.82) is 0 Å². The van der Waals surface area contributed by atoms with Crippen molar-refractivity contribution in [2.24, 2.45) is 0 Å². The Morgan fingerprint density at radius 3 is 3.09 bits per heavy atom. The zero-order valence-corrected chi connectivity index (χ0v) is 13.5. The molecule has 23 heavy (non-hydrogen) atoms. The molecule has 7 nitrogen and oxygen atoms in total. The Morgan fingerprint density at radius 2 is 2.26 bits per heavy atom. The lowest BCUT2D eigenvalue weighted by Crippen LogP contribution is -2.46. The number of hydrogen-bond acceptors (Lipinski definition) is 7. The van der Waals surface area contributed by atoms with Gasteiger partial charge in [-0.3, -0.25) is 4.90 Å². The number of hydrogen-bond donors (Lipinski definition) is 1. The van der Waals surface area contributed by atoms with Crippen LogP contribution in [0.15, 0.2) is 18.3 Å². The van der Waals surface area contributed by atoms with Gasteiger partial charge in [0.1, 0.15) is 5.82 Å². The molecule has 0 aliphatic carbocycles. The molecule has 1 aromatic rings. The number of anilines is 1. The molecule has 0 spiro atoms. The number of nitrogens with one attached hydrogen (secondary N) is 1. The maximum atomic E-state index is 5.80. The van der Waals surface area contributed by atoms with Crippen LogP contribution in [0.4, 0.5) is 5.82 Å². The molecule has 2 aliphatic rings. The number of ether oxygens (including phenoxy) is 3. The van der Waals surface area contributed by atoms with Gasteiger partial charge in [-0.25, -0.2) is 0 Å². The Kier molecular flexibility index (Phi) is 6.57. The summed E-state index contributed by atoms with van der Waals surface area (Å²) in [5.41, 5.74) is 0. The van der Waals surface area contributed by atoms with Crippen LogP contribution >= 0.6 is 0 Å². The molecule has 7 heteroatoms. The minimum Gasteiger partial charge on any atom is -0.377 e. The second-order valence-corrected chi connectivity index (χ2v) is 5.99. The van der Waals surface area contributed by atoms with E-state index in [4.69, 9.17) is 14.2 Å². The van der Waals surface area contributed by atoms with Gasteiger partial charge in [-0.15, -0.1) is 5.10 Å². The lowest BCUT2D eigenvalue weighted by molar-refractivity contribution is -0.0367. The van der Waals surface area contributed by atoms with E-state index >= 15 is 0 Å². The second kappa shape index (κ2) is 9.12. The molecule has 0 aromatic carbocycles. The van der Waals surface area contributed by atoms with Gasteiger partial charge in [0.25, 0.3) is 0 Å². The van der Waals surface area contributed by atoms with E-state index in [9.17, 15) is 0 Å². The average molecular weight is 322 g/mol. The van der Waals surface area contributed by atoms with E-state index in [1.807, 2.05) is 12.1 Å². The van der Waals surface area contributed by atoms with Crippen LogP contribution < -0.4 is 5.32 Å². The van der Waals surface area contributed by atoms with Crippen LogP contribution in [0, 0.1) is 0 Å². The molecule has 3 rings (SSSR count). The molecule has 1 aromatic heterocycles. The van der Waals surface area contributed by atoms with Gasteiger partial charge in [0.2, 0.25) is 0 Å². The molecule has 0 saturated carbocycles. The van der Waals surface area contributed by atoms with Gasteiger partial charge in [-0.2, -0.15) is 5.10 Å². The molecule has 2 atom stereocenters. The maximum Gasteiger partial charge on any atom is 0.148 e. The summed E-state index contributed by atoms with van der Waals surface area (Å²) in [6.07, 6.45) is 4.44. The Labute approximate surface area is 137 Å². The van der Waals surface area contributed by atoms with E-state index in [-0.39, 0.29) is 6.10 Å². The van der Waals surface area contributed by atoms with Gasteiger partial charge in [0, 0.05) is 39.0 Å². The quantitative estimate of drug-likeness (QED) is 0.710. The zero-order valence-electron chi connectivity index (χ0n) is 13.5. The van der Waals surface area contributed by atoms with Gasteiger partial charge in [-0.05, 0) is 25.0 Å². The Balaban J connectivity index is 1.30. The van der Waals surface area contributed by atoms with Crippen LogP contribution in [0.5, 0.6) is 0 Å². The smallest absolute Gasteiger partial charge is 0.148 e. The minimum atomic E-state index is 0.170. The summed E-state index contributed by atoms with van der Waals surface area (Å²) in [6.45, 7) is 6.69. The summed E-state index contributed by atoms with van der Waals surface area (Å²) in [5, 5.41) is 11.1. The summed E-state index contributed by atoms with van der Waals surface area (Å²) >= 11 is 0. The normalized spacial score (nSPS) is 25.6. The Hall–Kier alpha value is -1.28. The first-order valence-corrected chi connectivity index (χ1v) is 8.45. The van der Waals surface area contributed by atoms with Crippen LogP contribution in [-0.4, -0.2) is 79.9 Å². The van der Waals surface area contributed by atoms with Crippen LogP contribution in [-0.2, 0) is 14.2 Å². The fourth-order valence-electron chi connectivity index (χ4n) is 2.91. The van der Waals surface area contributed by atoms with E-state index < -0.39 is 0 Å². The van der Waals surface area contributed by atoms with Crippen molar-refractivity contribution in [3.8, 4) is 0 Å². The minimum absolute atomic E-state index is 0.170. The number of morpholine rings is 1. The van der Waals surface area contributed by atoms with Crippen molar-refractivity contribution in [3.63, 3.8) is 0 Å². The van der Waals surface area contributed by atoms with Crippen molar-refractivity contribution in [2.45, 2.75) is 25.0 Å². The van der Waals surface area contributed by atoms with E-state index in [0.717, 1.165) is 71.3 Å². The molecule has 3 heterocycles. The summed E-state index contributed by atoms with van der Waals surface area (Å²) in [4.78, 5) is 2.39. The van der Waals surface area contributed by atoms with Gasteiger partial charge in [-0.1, -0.05) is 0 Å². The third-order valence-electron chi connectivity index (χ3n) is 4.19. The standard InChI is InChI=1S/C16H26N4O3/c1-4-16(19-18-5-1)17-11-15-12-20(7-10-23-15)6-9-21-13-14-3-2-8-22-14/h1,4-5,14-15H,2-3,6-13H2,(H,17,19)/t14-,15+/m0/s1. The first kappa shape index (κ1) is 16.6. The lowest BCUT2D eigenvalue weighted by atomic mass is 10.2. The van der Waals surface area contributed by atoms with Gasteiger partial charge < -0.3 is 19.5 Å². The molecule has 2 saturated heterocycles. The van der Waals surface area contributed by atoms with Crippen LogP contribution in [0.2, 0.25) is 0 Å². The average Bonchev–Trinajstić information content (AvgIpc) is 3.12. The highest BCUT2D eigenvalue weighted by molar-refractivity contribution is 5.31. The summed E-state index contributed by atoms with van der Waals surface area (Å²) < 4.78 is 17.1. The first-order chi connectivity index (χ1) is 11.4. The lowest BCUT2D eigenvalue weighted by Gasteiger charge is -2.33. The third-order valence-corrected chi connectivity index (χ3v) is 4.19. The molecule has 0 unspecified atom stereocenters. The Morgan fingerprint density at radius 1 is 1.30 bits per heavy atom. The highest BCUT2D eigenvalue weighted by atomic mass is 16.5. The molecule has 0 radical (unpaired) electrons. The summed E-state index contributed by atoms with van der Waals surface area (Å²) in [6, 6.07) is 3.78. The zero-order chi connectivity index (χ0) is 15.7. The highest BCUT2D eigenvalue weighted by Gasteiger charge is 2.20. The van der Waals surface area contributed by atoms with E-state index in [0.29, 0.717) is 6.10 Å². The molecular weight excluding hydrogens is 296 g/mol. The molecule has 0 amide bonds. The van der Waals surface area contributed by atoms with Crippen molar-refractivity contribution < 1.29 is 14.2 Å². The van der Waals surface area contributed by atoms with Gasteiger partial charge in [0.15, 0.2) is 0 Å². The van der Waals surface area contributed by atoms with Crippen LogP contribution in [0.3, 0.4) is 0 Å². The summed E-state index contributed by atoms with van der Waals surface area (Å²) in [7, 11) is 0. The number of aromatic nitrogens is 2. The molecule has 2 fully saturated rings. The fraction of sp³-hybridized carbons (Fsp3) is 0.750. The maximum absolute atomic E-state index is 5.80. The van der Waals surface area contributed by atoms with Crippen molar-refractivity contribution >= 4 is 5.82 Å². The predicted molar refractivity (Wildman–Crippen MR) is 86.5 cm³/mol. The topological polar surface area (TPSA) is 68.7 Å². The van der Waals surface area contributed by atoms with Crippen molar-refractivity contribution in [3.05, 3.63) is 18.3 Å². The molecule has 128 valence electrons. The summed E-state index contributed by atoms with van der Waals surface area (Å²) in [5.74, 6) is 0.785. The molecule has 0 bridgehead atoms. The van der Waals surface area contributed by atoms with Crippen LogP contribution in [0.1, 0.15) is 12.8 Å². The number of rotatable bonds is 8. The number of nitrogens with zero attached hydrogens (tertiary/aromatic N) is 3. The van der Waals surface area contributed by atoms with Gasteiger partial charge in [0.05, 0.1) is 32.0 Å². The molecule has 2 aliphatic heterocycles. The monoisotopic (exact) mass is 322 g/mol. The molecule has 1 N–H and O–H groups in total. The van der Waals surface area contributed by atoms with E-state index in [1.165, 1.54) is 0 Å². The van der Waals surface area contributed by atoms with E-state index in [2.05, 4.69) is 20.4 Å². The van der Waals surface area contributed by atoms with Crippen molar-refractivity contribution in [1.82, 2.24) is 15.1 Å². The van der Waals surface area contributed by atoms with E-state index in [1.54, 1.807) is 6.20 Å². The second-order valence-electron chi connectivity index (χ2n) is 5.99.